The highest BCUT2D eigenvalue weighted by Gasteiger charge is 2.30. The number of esters is 1. The summed E-state index contributed by atoms with van der Waals surface area (Å²) < 4.78 is 5.61. The molecule has 1 aromatic carbocycles. The molecule has 0 heterocycles. The highest BCUT2D eigenvalue weighted by Crippen LogP contribution is 2.40. The second kappa shape index (κ2) is 18.1. The zero-order valence-electron chi connectivity index (χ0n) is 26.0. The Morgan fingerprint density at radius 1 is 0.730 bits per heavy atom. The topological polar surface area (TPSA) is 26.3 Å². The van der Waals surface area contributed by atoms with Gasteiger partial charge < -0.3 is 4.74 Å². The zero-order valence-corrected chi connectivity index (χ0v) is 26.0. The first-order valence-corrected chi connectivity index (χ1v) is 15.7. The number of carbonyl (C=O) groups is 1. The third-order valence-corrected chi connectivity index (χ3v) is 8.65. The van der Waals surface area contributed by atoms with Crippen LogP contribution in [0, 0.1) is 28.6 Å². The van der Waals surface area contributed by atoms with Gasteiger partial charge in [-0.2, -0.15) is 0 Å². The van der Waals surface area contributed by atoms with Gasteiger partial charge in [-0.1, -0.05) is 138 Å². The van der Waals surface area contributed by atoms with Crippen molar-refractivity contribution in [2.75, 3.05) is 0 Å². The molecule has 1 aromatic rings. The summed E-state index contributed by atoms with van der Waals surface area (Å²) in [7, 11) is 0. The third-order valence-electron chi connectivity index (χ3n) is 8.65. The second-order valence-corrected chi connectivity index (χ2v) is 14.0. The molecule has 3 unspecified atom stereocenters. The van der Waals surface area contributed by atoms with Crippen molar-refractivity contribution >= 4 is 5.97 Å². The van der Waals surface area contributed by atoms with E-state index in [0.717, 1.165) is 6.42 Å². The number of unbranched alkanes of at least 4 members (excludes halogenated alkanes) is 9. The van der Waals surface area contributed by atoms with Crippen molar-refractivity contribution in [3.63, 3.8) is 0 Å². The molecule has 0 aromatic heterocycles. The molecule has 0 aliphatic rings. The van der Waals surface area contributed by atoms with Gasteiger partial charge in [-0.05, 0) is 66.4 Å². The van der Waals surface area contributed by atoms with Crippen molar-refractivity contribution in [1.82, 2.24) is 0 Å². The molecule has 214 valence electrons. The first-order chi connectivity index (χ1) is 17.4. The Morgan fingerprint density at radius 2 is 1.27 bits per heavy atom. The fourth-order valence-electron chi connectivity index (χ4n) is 5.36. The van der Waals surface area contributed by atoms with Crippen LogP contribution in [0.3, 0.4) is 0 Å². The summed E-state index contributed by atoms with van der Waals surface area (Å²) in [6.45, 7) is 19.0. The van der Waals surface area contributed by atoms with Crippen LogP contribution in [0.4, 0.5) is 0 Å². The van der Waals surface area contributed by atoms with Gasteiger partial charge >= 0.3 is 5.97 Å². The molecule has 0 radical (unpaired) electrons. The molecule has 2 heteroatoms. The van der Waals surface area contributed by atoms with Crippen molar-refractivity contribution in [2.45, 2.75) is 152 Å². The van der Waals surface area contributed by atoms with Crippen LogP contribution in [0.15, 0.2) is 30.3 Å². The monoisotopic (exact) mass is 514 g/mol. The summed E-state index contributed by atoms with van der Waals surface area (Å²) in [6, 6.07) is 9.50. The van der Waals surface area contributed by atoms with Crippen LogP contribution in [0.5, 0.6) is 5.75 Å². The number of para-hydroxylation sites is 1. The molecule has 0 saturated carbocycles. The summed E-state index contributed by atoms with van der Waals surface area (Å²) in [5, 5.41) is 0. The molecule has 0 aliphatic heterocycles. The van der Waals surface area contributed by atoms with Gasteiger partial charge in [-0.3, -0.25) is 4.79 Å². The average molecular weight is 515 g/mol. The fourth-order valence-corrected chi connectivity index (χ4v) is 5.36. The minimum absolute atomic E-state index is 0.0957. The zero-order chi connectivity index (χ0) is 27.7. The molecule has 0 saturated heterocycles. The molecule has 0 bridgehead atoms. The number of rotatable bonds is 19. The standard InChI is InChI=1S/C35H62O2/c1-9-10-11-12-13-14-15-16-17-19-22-31(35(6,7)8)28-30(27-29(2)34(3,4)5)25-26-33(36)37-32-23-20-18-21-24-32/h18,20-21,23-24,29-31H,9-17,19,22,25-28H2,1-8H3. The van der Waals surface area contributed by atoms with Gasteiger partial charge in [0.1, 0.15) is 5.75 Å². The van der Waals surface area contributed by atoms with E-state index >= 15 is 0 Å². The lowest BCUT2D eigenvalue weighted by Gasteiger charge is -2.37. The van der Waals surface area contributed by atoms with Crippen LogP contribution in [0.1, 0.15) is 152 Å². The van der Waals surface area contributed by atoms with E-state index in [1.165, 1.54) is 83.5 Å². The maximum atomic E-state index is 12.6. The number of hydrogen-bond acceptors (Lipinski definition) is 2. The summed E-state index contributed by atoms with van der Waals surface area (Å²) in [5.74, 6) is 2.44. The van der Waals surface area contributed by atoms with Crippen molar-refractivity contribution in [1.29, 1.82) is 0 Å². The third kappa shape index (κ3) is 16.3. The van der Waals surface area contributed by atoms with Crippen LogP contribution in [0.25, 0.3) is 0 Å². The molecule has 2 nitrogen and oxygen atoms in total. The summed E-state index contributed by atoms with van der Waals surface area (Å²) in [5.41, 5.74) is 0.587. The minimum Gasteiger partial charge on any atom is -0.427 e. The minimum atomic E-state index is -0.0957. The highest BCUT2D eigenvalue weighted by molar-refractivity contribution is 5.72. The van der Waals surface area contributed by atoms with E-state index in [-0.39, 0.29) is 11.4 Å². The Bertz CT molecular complexity index is 694. The van der Waals surface area contributed by atoms with Crippen molar-refractivity contribution < 1.29 is 9.53 Å². The van der Waals surface area contributed by atoms with E-state index in [9.17, 15) is 4.79 Å². The molecule has 0 amide bonds. The molecule has 0 fully saturated rings. The molecule has 0 N–H and O–H groups in total. The first-order valence-electron chi connectivity index (χ1n) is 15.7. The van der Waals surface area contributed by atoms with Gasteiger partial charge in [0, 0.05) is 6.42 Å². The molecule has 0 spiro atoms. The quantitative estimate of drug-likeness (QED) is 0.104. The van der Waals surface area contributed by atoms with E-state index in [0.29, 0.717) is 35.3 Å². The maximum absolute atomic E-state index is 12.6. The van der Waals surface area contributed by atoms with Gasteiger partial charge in [-0.25, -0.2) is 0 Å². The Morgan fingerprint density at radius 3 is 1.78 bits per heavy atom. The van der Waals surface area contributed by atoms with Gasteiger partial charge in [-0.15, -0.1) is 0 Å². The number of carbonyl (C=O) groups excluding carboxylic acids is 1. The fraction of sp³-hybridized carbons (Fsp3) is 0.800. The lowest BCUT2D eigenvalue weighted by molar-refractivity contribution is -0.134. The molecule has 37 heavy (non-hydrogen) atoms. The van der Waals surface area contributed by atoms with Crippen molar-refractivity contribution in [3.8, 4) is 5.75 Å². The predicted molar refractivity (Wildman–Crippen MR) is 162 cm³/mol. The van der Waals surface area contributed by atoms with Crippen LogP contribution in [-0.4, -0.2) is 5.97 Å². The van der Waals surface area contributed by atoms with Crippen molar-refractivity contribution in [2.24, 2.45) is 28.6 Å². The van der Waals surface area contributed by atoms with Gasteiger partial charge in [0.2, 0.25) is 0 Å². The lowest BCUT2D eigenvalue weighted by Crippen LogP contribution is -2.27. The summed E-state index contributed by atoms with van der Waals surface area (Å²) in [4.78, 5) is 12.6. The number of ether oxygens (including phenoxy) is 1. The number of hydrogen-bond donors (Lipinski definition) is 0. The molecule has 3 atom stereocenters. The number of benzene rings is 1. The molecule has 1 rings (SSSR count). The van der Waals surface area contributed by atoms with Crippen LogP contribution in [-0.2, 0) is 4.79 Å². The predicted octanol–water partition coefficient (Wildman–Crippen LogP) is 11.4. The second-order valence-electron chi connectivity index (χ2n) is 14.0. The van der Waals surface area contributed by atoms with Gasteiger partial charge in [0.15, 0.2) is 0 Å². The van der Waals surface area contributed by atoms with Gasteiger partial charge in [0.05, 0.1) is 0 Å². The smallest absolute Gasteiger partial charge is 0.311 e. The Hall–Kier alpha value is -1.31. The highest BCUT2D eigenvalue weighted by atomic mass is 16.5. The maximum Gasteiger partial charge on any atom is 0.311 e. The molecular formula is C35H62O2. The van der Waals surface area contributed by atoms with Crippen LogP contribution < -0.4 is 4.74 Å². The average Bonchev–Trinajstić information content (AvgIpc) is 2.82. The Labute approximate surface area is 231 Å². The van der Waals surface area contributed by atoms with E-state index in [2.05, 4.69) is 55.4 Å². The Kier molecular flexibility index (Phi) is 16.5. The normalized spacial score (nSPS) is 14.8. The van der Waals surface area contributed by atoms with Crippen LogP contribution >= 0.6 is 0 Å². The Balaban J connectivity index is 2.61. The van der Waals surface area contributed by atoms with E-state index in [1.807, 2.05) is 30.3 Å². The molecule has 0 aliphatic carbocycles. The summed E-state index contributed by atoms with van der Waals surface area (Å²) in [6.07, 6.45) is 19.1. The van der Waals surface area contributed by atoms with E-state index < -0.39 is 0 Å². The van der Waals surface area contributed by atoms with Crippen LogP contribution in [0.2, 0.25) is 0 Å². The van der Waals surface area contributed by atoms with Crippen molar-refractivity contribution in [3.05, 3.63) is 30.3 Å². The first kappa shape index (κ1) is 33.7. The van der Waals surface area contributed by atoms with E-state index in [4.69, 9.17) is 4.74 Å². The van der Waals surface area contributed by atoms with Gasteiger partial charge in [0.25, 0.3) is 0 Å². The SMILES string of the molecule is CCCCCCCCCCCCC(CC(CCC(=O)Oc1ccccc1)CC(C)C(C)(C)C)C(C)(C)C. The largest absolute Gasteiger partial charge is 0.427 e. The van der Waals surface area contributed by atoms with E-state index in [1.54, 1.807) is 0 Å². The molecular weight excluding hydrogens is 452 g/mol. The lowest BCUT2D eigenvalue weighted by atomic mass is 9.69. The summed E-state index contributed by atoms with van der Waals surface area (Å²) >= 11 is 0.